The molecule has 1 aliphatic carbocycles. The minimum atomic E-state index is 0.286. The van der Waals surface area contributed by atoms with E-state index in [0.717, 1.165) is 31.3 Å². The van der Waals surface area contributed by atoms with E-state index in [1.807, 2.05) is 0 Å². The van der Waals surface area contributed by atoms with Crippen molar-refractivity contribution in [2.24, 2.45) is 5.92 Å². The first-order valence-corrected chi connectivity index (χ1v) is 5.02. The molecule has 0 aliphatic heterocycles. The number of hydrogen-bond acceptors (Lipinski definition) is 1. The fourth-order valence-corrected chi connectivity index (χ4v) is 1.82. The van der Waals surface area contributed by atoms with E-state index in [2.05, 4.69) is 19.9 Å². The van der Waals surface area contributed by atoms with Gasteiger partial charge in [0.05, 0.1) is 0 Å². The van der Waals surface area contributed by atoms with Crippen LogP contribution in [0, 0.1) is 5.92 Å². The van der Waals surface area contributed by atoms with Crippen molar-refractivity contribution in [3.05, 3.63) is 11.6 Å². The second-order valence-corrected chi connectivity index (χ2v) is 3.50. The van der Waals surface area contributed by atoms with Gasteiger partial charge in [0.1, 0.15) is 0 Å². The molecule has 0 spiro atoms. The van der Waals surface area contributed by atoms with Gasteiger partial charge in [0.2, 0.25) is 0 Å². The van der Waals surface area contributed by atoms with Crippen LogP contribution in [-0.4, -0.2) is 5.78 Å². The van der Waals surface area contributed by atoms with E-state index in [1.54, 1.807) is 0 Å². The third-order valence-corrected chi connectivity index (χ3v) is 2.71. The van der Waals surface area contributed by atoms with Gasteiger partial charge >= 0.3 is 0 Å². The molecule has 1 aliphatic rings. The molecule has 0 radical (unpaired) electrons. The van der Waals surface area contributed by atoms with Crippen LogP contribution in [-0.2, 0) is 4.79 Å². The molecule has 0 saturated heterocycles. The Hall–Kier alpha value is -0.590. The van der Waals surface area contributed by atoms with Crippen molar-refractivity contribution >= 4 is 5.78 Å². The van der Waals surface area contributed by atoms with Crippen LogP contribution in [0.5, 0.6) is 0 Å². The number of Topliss-reactive ketones (excluding diaryl/α,β-unsaturated/α-hetero) is 1. The molecule has 1 rings (SSSR count). The smallest absolute Gasteiger partial charge is 0.161 e. The molecule has 1 nitrogen and oxygen atoms in total. The summed E-state index contributed by atoms with van der Waals surface area (Å²) >= 11 is 0. The molecule has 1 heteroatoms. The van der Waals surface area contributed by atoms with Crippen LogP contribution in [0.15, 0.2) is 11.6 Å². The zero-order valence-corrected chi connectivity index (χ0v) is 8.10. The van der Waals surface area contributed by atoms with Crippen molar-refractivity contribution in [3.8, 4) is 0 Å². The Bertz CT molecular complexity index is 187. The van der Waals surface area contributed by atoms with Gasteiger partial charge in [-0.3, -0.25) is 4.79 Å². The van der Waals surface area contributed by atoms with Gasteiger partial charge in [0.15, 0.2) is 5.78 Å². The summed E-state index contributed by atoms with van der Waals surface area (Å²) in [5.41, 5.74) is 1.10. The number of carbonyl (C=O) groups is 1. The van der Waals surface area contributed by atoms with Crippen LogP contribution >= 0.6 is 0 Å². The average molecular weight is 166 g/mol. The molecule has 0 fully saturated rings. The molecule has 0 bridgehead atoms. The second kappa shape index (κ2) is 4.44. The standard InChI is InChI=1S/C11H18O/c1-3-9(4-2)11(12)10-7-5-6-8-10/h7,9H,3-6,8H2,1-2H3. The molecule has 68 valence electrons. The van der Waals surface area contributed by atoms with E-state index in [1.165, 1.54) is 6.42 Å². The van der Waals surface area contributed by atoms with Crippen molar-refractivity contribution in [1.82, 2.24) is 0 Å². The average Bonchev–Trinajstić information content (AvgIpc) is 2.58. The predicted molar refractivity (Wildman–Crippen MR) is 51.0 cm³/mol. The van der Waals surface area contributed by atoms with E-state index >= 15 is 0 Å². The van der Waals surface area contributed by atoms with Crippen molar-refractivity contribution < 1.29 is 4.79 Å². The zero-order chi connectivity index (χ0) is 8.97. The Morgan fingerprint density at radius 2 is 2.17 bits per heavy atom. The Morgan fingerprint density at radius 1 is 1.50 bits per heavy atom. The van der Waals surface area contributed by atoms with E-state index in [-0.39, 0.29) is 5.92 Å². The fourth-order valence-electron chi connectivity index (χ4n) is 1.82. The summed E-state index contributed by atoms with van der Waals surface area (Å²) in [5.74, 6) is 0.701. The molecular weight excluding hydrogens is 148 g/mol. The minimum Gasteiger partial charge on any atom is -0.294 e. The van der Waals surface area contributed by atoms with Gasteiger partial charge in [-0.15, -0.1) is 0 Å². The summed E-state index contributed by atoms with van der Waals surface area (Å²) in [7, 11) is 0. The highest BCUT2D eigenvalue weighted by atomic mass is 16.1. The fraction of sp³-hybridized carbons (Fsp3) is 0.727. The molecule has 0 atom stereocenters. The molecule has 0 aromatic heterocycles. The van der Waals surface area contributed by atoms with Crippen LogP contribution in [0.2, 0.25) is 0 Å². The van der Waals surface area contributed by atoms with Crippen LogP contribution < -0.4 is 0 Å². The van der Waals surface area contributed by atoms with E-state index in [9.17, 15) is 4.79 Å². The lowest BCUT2D eigenvalue weighted by Gasteiger charge is -2.10. The van der Waals surface area contributed by atoms with Crippen LogP contribution in [0.4, 0.5) is 0 Å². The van der Waals surface area contributed by atoms with Crippen molar-refractivity contribution in [3.63, 3.8) is 0 Å². The number of hydrogen-bond donors (Lipinski definition) is 0. The van der Waals surface area contributed by atoms with Gasteiger partial charge in [-0.05, 0) is 37.7 Å². The predicted octanol–water partition coefficient (Wildman–Crippen LogP) is 3.10. The van der Waals surface area contributed by atoms with Crippen LogP contribution in [0.3, 0.4) is 0 Å². The summed E-state index contributed by atoms with van der Waals surface area (Å²) in [5, 5.41) is 0. The van der Waals surface area contributed by atoms with Gasteiger partial charge in [-0.1, -0.05) is 19.9 Å². The lowest BCUT2D eigenvalue weighted by atomic mass is 9.93. The van der Waals surface area contributed by atoms with Crippen molar-refractivity contribution in [2.45, 2.75) is 46.0 Å². The van der Waals surface area contributed by atoms with Crippen molar-refractivity contribution in [1.29, 1.82) is 0 Å². The minimum absolute atomic E-state index is 0.286. The second-order valence-electron chi connectivity index (χ2n) is 3.50. The normalized spacial score (nSPS) is 16.8. The van der Waals surface area contributed by atoms with E-state index in [4.69, 9.17) is 0 Å². The summed E-state index contributed by atoms with van der Waals surface area (Å²) in [6, 6.07) is 0. The molecule has 12 heavy (non-hydrogen) atoms. The van der Waals surface area contributed by atoms with Gasteiger partial charge in [0.25, 0.3) is 0 Å². The monoisotopic (exact) mass is 166 g/mol. The molecule has 0 N–H and O–H groups in total. The molecular formula is C11H18O. The Kier molecular flexibility index (Phi) is 3.51. The number of rotatable bonds is 4. The highest BCUT2D eigenvalue weighted by Gasteiger charge is 2.19. The summed E-state index contributed by atoms with van der Waals surface area (Å²) in [6.45, 7) is 4.20. The van der Waals surface area contributed by atoms with Gasteiger partial charge < -0.3 is 0 Å². The maximum absolute atomic E-state index is 11.7. The highest BCUT2D eigenvalue weighted by molar-refractivity contribution is 5.97. The molecule has 0 heterocycles. The SMILES string of the molecule is CCC(CC)C(=O)C1=CCCC1. The van der Waals surface area contributed by atoms with Crippen molar-refractivity contribution in [2.75, 3.05) is 0 Å². The third-order valence-electron chi connectivity index (χ3n) is 2.71. The molecule has 0 amide bonds. The Labute approximate surface area is 74.9 Å². The maximum Gasteiger partial charge on any atom is 0.161 e. The van der Waals surface area contributed by atoms with Gasteiger partial charge in [-0.2, -0.15) is 0 Å². The Balaban J connectivity index is 2.55. The number of carbonyl (C=O) groups excluding carboxylic acids is 1. The van der Waals surface area contributed by atoms with Crippen LogP contribution in [0.25, 0.3) is 0 Å². The van der Waals surface area contributed by atoms with E-state index in [0.29, 0.717) is 5.78 Å². The maximum atomic E-state index is 11.7. The highest BCUT2D eigenvalue weighted by Crippen LogP contribution is 2.23. The number of allylic oxidation sites excluding steroid dienone is 2. The lowest BCUT2D eigenvalue weighted by molar-refractivity contribution is -0.119. The molecule has 0 aromatic rings. The first kappa shape index (κ1) is 9.50. The third kappa shape index (κ3) is 1.96. The Morgan fingerprint density at radius 3 is 2.58 bits per heavy atom. The lowest BCUT2D eigenvalue weighted by Crippen LogP contribution is -2.14. The molecule has 0 aromatic carbocycles. The van der Waals surface area contributed by atoms with Crippen LogP contribution in [0.1, 0.15) is 46.0 Å². The van der Waals surface area contributed by atoms with E-state index < -0.39 is 0 Å². The summed E-state index contributed by atoms with van der Waals surface area (Å²) in [6.07, 6.45) is 7.43. The molecule has 0 unspecified atom stereocenters. The number of ketones is 1. The first-order chi connectivity index (χ1) is 5.79. The quantitative estimate of drug-likeness (QED) is 0.627. The molecule has 0 saturated carbocycles. The topological polar surface area (TPSA) is 17.1 Å². The summed E-state index contributed by atoms with van der Waals surface area (Å²) < 4.78 is 0. The van der Waals surface area contributed by atoms with Gasteiger partial charge in [0, 0.05) is 5.92 Å². The van der Waals surface area contributed by atoms with Gasteiger partial charge in [-0.25, -0.2) is 0 Å². The zero-order valence-electron chi connectivity index (χ0n) is 8.10. The largest absolute Gasteiger partial charge is 0.294 e. The summed E-state index contributed by atoms with van der Waals surface area (Å²) in [4.78, 5) is 11.7. The first-order valence-electron chi connectivity index (χ1n) is 5.02.